The van der Waals surface area contributed by atoms with Gasteiger partial charge in [0.15, 0.2) is 6.23 Å². The number of imide groups is 1. The van der Waals surface area contributed by atoms with Crippen LogP contribution >= 0.6 is 0 Å². The van der Waals surface area contributed by atoms with Gasteiger partial charge in [-0.3, -0.25) is 14.7 Å². The number of hydrogen-bond acceptors (Lipinski definition) is 7. The van der Waals surface area contributed by atoms with E-state index in [4.69, 9.17) is 4.74 Å². The van der Waals surface area contributed by atoms with Crippen LogP contribution in [0.25, 0.3) is 0 Å². The van der Waals surface area contributed by atoms with Crippen LogP contribution in [0.5, 0.6) is 0 Å². The van der Waals surface area contributed by atoms with Gasteiger partial charge >= 0.3 is 11.5 Å². The summed E-state index contributed by atoms with van der Waals surface area (Å²) >= 11 is 0. The largest absolute Gasteiger partial charge is 0.501 e. The average Bonchev–Trinajstić information content (AvgIpc) is 3.44. The maximum atomic E-state index is 13.2. The number of likely N-dealkylation sites (tertiary alicyclic amines) is 1. The quantitative estimate of drug-likeness (QED) is 0.502. The minimum absolute atomic E-state index is 0.0471. The summed E-state index contributed by atoms with van der Waals surface area (Å²) in [7, 11) is -5.55. The van der Waals surface area contributed by atoms with Crippen molar-refractivity contribution in [3.05, 3.63) is 54.4 Å². The second-order valence-electron chi connectivity index (χ2n) is 8.14. The molecule has 1 aromatic carbocycles. The van der Waals surface area contributed by atoms with Gasteiger partial charge in [0.25, 0.3) is 15.7 Å². The molecule has 35 heavy (non-hydrogen) atoms. The van der Waals surface area contributed by atoms with Crippen molar-refractivity contribution in [3.8, 4) is 0 Å². The van der Waals surface area contributed by atoms with Crippen LogP contribution in [-0.4, -0.2) is 73.4 Å². The lowest BCUT2D eigenvalue weighted by Gasteiger charge is -2.28. The van der Waals surface area contributed by atoms with E-state index in [-0.39, 0.29) is 12.2 Å². The Bertz CT molecular complexity index is 1170. The number of nitrogens with zero attached hydrogens (tertiary/aromatic N) is 4. The van der Waals surface area contributed by atoms with Gasteiger partial charge in [0.2, 0.25) is 0 Å². The smallest absolute Gasteiger partial charge is 0.353 e. The highest BCUT2D eigenvalue weighted by atomic mass is 32.2. The standard InChI is InChI=1S/C22H23F3N4O5S/c23-22(24,25)35(32,33)18-5-3-17(4-6-18)29-19(30)15-28(21(29)31)20(16-7-9-26-10-8-16)34-14-13-27-11-1-2-12-27/h3-10,20H,1-2,11-15H2. The first-order valence-corrected chi connectivity index (χ1v) is 12.4. The Morgan fingerprint density at radius 3 is 2.23 bits per heavy atom. The maximum Gasteiger partial charge on any atom is 0.501 e. The predicted octanol–water partition coefficient (Wildman–Crippen LogP) is 2.95. The molecule has 1 aromatic heterocycles. The van der Waals surface area contributed by atoms with Crippen molar-refractivity contribution >= 4 is 27.5 Å². The normalized spacial score (nSPS) is 18.5. The van der Waals surface area contributed by atoms with Gasteiger partial charge in [-0.2, -0.15) is 13.2 Å². The molecule has 2 aromatic rings. The van der Waals surface area contributed by atoms with Crippen molar-refractivity contribution in [3.63, 3.8) is 0 Å². The number of carbonyl (C=O) groups excluding carboxylic acids is 2. The molecule has 0 spiro atoms. The number of carbonyl (C=O) groups is 2. The van der Waals surface area contributed by atoms with Crippen LogP contribution in [0.1, 0.15) is 24.6 Å². The second-order valence-corrected chi connectivity index (χ2v) is 10.1. The van der Waals surface area contributed by atoms with Crippen molar-refractivity contribution in [1.82, 2.24) is 14.8 Å². The number of halogens is 3. The van der Waals surface area contributed by atoms with E-state index in [9.17, 15) is 31.2 Å². The lowest BCUT2D eigenvalue weighted by atomic mass is 10.2. The molecule has 4 rings (SSSR count). The number of sulfone groups is 1. The Balaban J connectivity index is 1.54. The molecular formula is C22H23F3N4O5S. The molecule has 2 fully saturated rings. The number of aromatic nitrogens is 1. The van der Waals surface area contributed by atoms with Gasteiger partial charge in [-0.05, 0) is 62.3 Å². The summed E-state index contributed by atoms with van der Waals surface area (Å²) in [4.78, 5) is 33.2. The highest BCUT2D eigenvalue weighted by Crippen LogP contribution is 2.33. The van der Waals surface area contributed by atoms with Crippen molar-refractivity contribution in [2.75, 3.05) is 37.7 Å². The molecule has 188 valence electrons. The lowest BCUT2D eigenvalue weighted by molar-refractivity contribution is -0.118. The fourth-order valence-electron chi connectivity index (χ4n) is 4.06. The molecule has 13 heteroatoms. The highest BCUT2D eigenvalue weighted by molar-refractivity contribution is 7.92. The topological polar surface area (TPSA) is 100 Å². The molecule has 2 saturated heterocycles. The molecule has 0 saturated carbocycles. The van der Waals surface area contributed by atoms with Gasteiger partial charge in [-0.15, -0.1) is 0 Å². The molecule has 2 aliphatic rings. The number of pyridine rings is 1. The van der Waals surface area contributed by atoms with Crippen molar-refractivity contribution in [1.29, 1.82) is 0 Å². The Labute approximate surface area is 200 Å². The Morgan fingerprint density at radius 1 is 1.00 bits per heavy atom. The van der Waals surface area contributed by atoms with E-state index in [1.807, 2.05) is 0 Å². The first-order valence-electron chi connectivity index (χ1n) is 10.9. The van der Waals surface area contributed by atoms with E-state index in [1.54, 1.807) is 12.1 Å². The minimum atomic E-state index is -5.55. The fourth-order valence-corrected chi connectivity index (χ4v) is 4.82. The zero-order valence-electron chi connectivity index (χ0n) is 18.5. The molecule has 1 atom stereocenters. The van der Waals surface area contributed by atoms with Crippen LogP contribution in [0.2, 0.25) is 0 Å². The van der Waals surface area contributed by atoms with Crippen LogP contribution in [0.4, 0.5) is 23.7 Å². The maximum absolute atomic E-state index is 13.2. The average molecular weight is 513 g/mol. The number of alkyl halides is 3. The van der Waals surface area contributed by atoms with E-state index in [1.165, 1.54) is 17.3 Å². The number of benzene rings is 1. The van der Waals surface area contributed by atoms with Crippen LogP contribution < -0.4 is 4.90 Å². The third kappa shape index (κ3) is 5.16. The van der Waals surface area contributed by atoms with Gasteiger partial charge in [0, 0.05) is 24.5 Å². The fraction of sp³-hybridized carbons (Fsp3) is 0.409. The van der Waals surface area contributed by atoms with Crippen LogP contribution in [-0.2, 0) is 19.4 Å². The zero-order valence-corrected chi connectivity index (χ0v) is 19.3. The molecule has 0 radical (unpaired) electrons. The third-order valence-corrected chi connectivity index (χ3v) is 7.36. The van der Waals surface area contributed by atoms with E-state index < -0.39 is 38.4 Å². The number of hydrogen-bond donors (Lipinski definition) is 0. The molecule has 1 unspecified atom stereocenters. The first-order chi connectivity index (χ1) is 16.6. The van der Waals surface area contributed by atoms with E-state index >= 15 is 0 Å². The first kappa shape index (κ1) is 25.1. The third-order valence-electron chi connectivity index (χ3n) is 5.86. The van der Waals surface area contributed by atoms with E-state index in [0.29, 0.717) is 30.8 Å². The number of rotatable bonds is 8. The van der Waals surface area contributed by atoms with E-state index in [2.05, 4.69) is 9.88 Å². The Hall–Kier alpha value is -3.03. The van der Waals surface area contributed by atoms with Crippen molar-refractivity contribution < 1.29 is 35.9 Å². The summed E-state index contributed by atoms with van der Waals surface area (Å²) in [5, 5.41) is 0. The van der Waals surface area contributed by atoms with Crippen molar-refractivity contribution in [2.45, 2.75) is 29.5 Å². The summed E-state index contributed by atoms with van der Waals surface area (Å²) < 4.78 is 67.7. The monoisotopic (exact) mass is 512 g/mol. The summed E-state index contributed by atoms with van der Waals surface area (Å²) in [6, 6.07) is 6.02. The Morgan fingerprint density at radius 2 is 1.63 bits per heavy atom. The highest BCUT2D eigenvalue weighted by Gasteiger charge is 2.47. The molecule has 0 N–H and O–H groups in total. The lowest BCUT2D eigenvalue weighted by Crippen LogP contribution is -2.37. The van der Waals surface area contributed by atoms with Crippen molar-refractivity contribution in [2.24, 2.45) is 0 Å². The van der Waals surface area contributed by atoms with Crippen LogP contribution in [0.3, 0.4) is 0 Å². The SMILES string of the molecule is O=C1CN(C(OCCN2CCCC2)c2ccncc2)C(=O)N1c1ccc(S(=O)(=O)C(F)(F)F)cc1. The van der Waals surface area contributed by atoms with Gasteiger partial charge in [-0.25, -0.2) is 18.1 Å². The summed E-state index contributed by atoms with van der Waals surface area (Å²) in [6.07, 6.45) is 4.42. The number of amides is 3. The molecule has 3 amide bonds. The minimum Gasteiger partial charge on any atom is -0.353 e. The molecule has 9 nitrogen and oxygen atoms in total. The second kappa shape index (κ2) is 9.91. The molecule has 0 bridgehead atoms. The van der Waals surface area contributed by atoms with E-state index in [0.717, 1.165) is 43.0 Å². The van der Waals surface area contributed by atoms with Gasteiger partial charge in [-0.1, -0.05) is 0 Å². The summed E-state index contributed by atoms with van der Waals surface area (Å²) in [6.45, 7) is 2.60. The van der Waals surface area contributed by atoms with Gasteiger partial charge in [0.1, 0.15) is 6.54 Å². The van der Waals surface area contributed by atoms with Gasteiger partial charge in [0.05, 0.1) is 17.2 Å². The molecule has 3 heterocycles. The summed E-state index contributed by atoms with van der Waals surface area (Å²) in [5.74, 6) is -0.622. The van der Waals surface area contributed by atoms with Gasteiger partial charge < -0.3 is 9.64 Å². The predicted molar refractivity (Wildman–Crippen MR) is 118 cm³/mol. The zero-order chi connectivity index (χ0) is 25.2. The molecular weight excluding hydrogens is 489 g/mol. The summed E-state index contributed by atoms with van der Waals surface area (Å²) in [5.41, 5.74) is -4.90. The Kier molecular flexibility index (Phi) is 7.10. The number of ether oxygens (including phenoxy) is 1. The molecule has 2 aliphatic heterocycles. The number of urea groups is 1. The number of anilines is 1. The van der Waals surface area contributed by atoms with Crippen LogP contribution in [0.15, 0.2) is 53.7 Å². The molecule has 0 aliphatic carbocycles. The van der Waals surface area contributed by atoms with Crippen LogP contribution in [0, 0.1) is 0 Å².